The van der Waals surface area contributed by atoms with Gasteiger partial charge in [0.25, 0.3) is 5.91 Å². The second-order valence-electron chi connectivity index (χ2n) is 7.48. The summed E-state index contributed by atoms with van der Waals surface area (Å²) >= 11 is 0. The predicted molar refractivity (Wildman–Crippen MR) is 117 cm³/mol. The number of nitrogens with one attached hydrogen (secondary N) is 1. The van der Waals surface area contributed by atoms with Gasteiger partial charge in [0.2, 0.25) is 5.91 Å². The number of carbonyl (C=O) groups excluding carboxylic acids is 2. The standard InChI is InChI=1S/C25H24N2O3/c1-17-8-6-9-18(2)23(17)26-25(29)24(27-15-14-22(27)28)19-10-7-13-21(16-19)30-20-11-4-3-5-12-20/h3-13,16,24H,14-15H2,1-2H3,(H,26,29). The fourth-order valence-electron chi connectivity index (χ4n) is 3.65. The van der Waals surface area contributed by atoms with Crippen molar-refractivity contribution in [3.8, 4) is 11.5 Å². The van der Waals surface area contributed by atoms with Crippen molar-refractivity contribution in [2.75, 3.05) is 11.9 Å². The van der Waals surface area contributed by atoms with Gasteiger partial charge in [-0.05, 0) is 54.8 Å². The molecular formula is C25H24N2O3. The highest BCUT2D eigenvalue weighted by molar-refractivity contribution is 6.00. The lowest BCUT2D eigenvalue weighted by molar-refractivity contribution is -0.147. The molecule has 1 unspecified atom stereocenters. The highest BCUT2D eigenvalue weighted by atomic mass is 16.5. The molecule has 1 N–H and O–H groups in total. The number of β-lactam (4-membered cyclic amide) rings is 1. The Balaban J connectivity index is 1.64. The smallest absolute Gasteiger partial charge is 0.251 e. The van der Waals surface area contributed by atoms with Crippen LogP contribution in [0.15, 0.2) is 72.8 Å². The van der Waals surface area contributed by atoms with Crippen molar-refractivity contribution < 1.29 is 14.3 Å². The third kappa shape index (κ3) is 4.06. The Kier molecular flexibility index (Phi) is 5.53. The first-order chi connectivity index (χ1) is 14.5. The molecule has 5 nitrogen and oxygen atoms in total. The van der Waals surface area contributed by atoms with Gasteiger partial charge in [-0.3, -0.25) is 9.59 Å². The molecule has 0 aromatic heterocycles. The molecule has 3 aromatic carbocycles. The number of hydrogen-bond acceptors (Lipinski definition) is 3. The van der Waals surface area contributed by atoms with E-state index in [0.29, 0.717) is 24.5 Å². The Hall–Kier alpha value is -3.60. The van der Waals surface area contributed by atoms with E-state index in [1.807, 2.05) is 86.6 Å². The number of benzene rings is 3. The molecule has 0 spiro atoms. The number of amides is 2. The zero-order chi connectivity index (χ0) is 21.1. The normalized spacial score (nSPS) is 14.1. The zero-order valence-corrected chi connectivity index (χ0v) is 17.1. The summed E-state index contributed by atoms with van der Waals surface area (Å²) in [5, 5.41) is 3.04. The van der Waals surface area contributed by atoms with E-state index in [2.05, 4.69) is 5.32 Å². The average molecular weight is 400 g/mol. The van der Waals surface area contributed by atoms with E-state index >= 15 is 0 Å². The van der Waals surface area contributed by atoms with Gasteiger partial charge in [-0.15, -0.1) is 0 Å². The zero-order valence-electron chi connectivity index (χ0n) is 17.1. The van der Waals surface area contributed by atoms with Crippen LogP contribution in [0.1, 0.15) is 29.2 Å². The fraction of sp³-hybridized carbons (Fsp3) is 0.200. The second-order valence-corrected chi connectivity index (χ2v) is 7.48. The van der Waals surface area contributed by atoms with E-state index in [4.69, 9.17) is 4.74 Å². The van der Waals surface area contributed by atoms with Crippen LogP contribution in [0.5, 0.6) is 11.5 Å². The summed E-state index contributed by atoms with van der Waals surface area (Å²) in [6.45, 7) is 4.48. The molecule has 0 aliphatic carbocycles. The Morgan fingerprint density at radius 1 is 0.933 bits per heavy atom. The van der Waals surface area contributed by atoms with Crippen LogP contribution in [-0.2, 0) is 9.59 Å². The molecule has 30 heavy (non-hydrogen) atoms. The molecule has 0 radical (unpaired) electrons. The monoisotopic (exact) mass is 400 g/mol. The van der Waals surface area contributed by atoms with E-state index in [0.717, 1.165) is 22.4 Å². The summed E-state index contributed by atoms with van der Waals surface area (Å²) in [6, 6.07) is 22.0. The number of carbonyl (C=O) groups is 2. The number of anilines is 1. The van der Waals surface area contributed by atoms with Crippen LogP contribution in [0.3, 0.4) is 0 Å². The van der Waals surface area contributed by atoms with Crippen LogP contribution in [0.4, 0.5) is 5.69 Å². The average Bonchev–Trinajstić information content (AvgIpc) is 2.74. The van der Waals surface area contributed by atoms with E-state index in [1.165, 1.54) is 0 Å². The number of likely N-dealkylation sites (tertiary alicyclic amines) is 1. The molecule has 152 valence electrons. The highest BCUT2D eigenvalue weighted by Crippen LogP contribution is 2.32. The number of ether oxygens (including phenoxy) is 1. The van der Waals surface area contributed by atoms with Crippen LogP contribution < -0.4 is 10.1 Å². The number of nitrogens with zero attached hydrogens (tertiary/aromatic N) is 1. The molecule has 1 atom stereocenters. The third-order valence-corrected chi connectivity index (χ3v) is 5.33. The lowest BCUT2D eigenvalue weighted by Crippen LogP contribution is -2.49. The molecule has 1 aliphatic heterocycles. The molecule has 1 aliphatic rings. The number of hydrogen-bond donors (Lipinski definition) is 1. The van der Waals surface area contributed by atoms with E-state index in [9.17, 15) is 9.59 Å². The van der Waals surface area contributed by atoms with Crippen molar-refractivity contribution in [3.05, 3.63) is 89.5 Å². The van der Waals surface area contributed by atoms with Gasteiger partial charge in [0, 0.05) is 18.7 Å². The van der Waals surface area contributed by atoms with Crippen LogP contribution in [0.25, 0.3) is 0 Å². The molecule has 1 fully saturated rings. The van der Waals surface area contributed by atoms with Gasteiger partial charge in [-0.2, -0.15) is 0 Å². The number of rotatable bonds is 6. The largest absolute Gasteiger partial charge is 0.457 e. The van der Waals surface area contributed by atoms with Gasteiger partial charge >= 0.3 is 0 Å². The molecule has 0 saturated carbocycles. The lowest BCUT2D eigenvalue weighted by Gasteiger charge is -2.37. The quantitative estimate of drug-likeness (QED) is 0.592. The number of para-hydroxylation sites is 2. The first-order valence-corrected chi connectivity index (χ1v) is 10.0. The van der Waals surface area contributed by atoms with Crippen LogP contribution in [-0.4, -0.2) is 23.3 Å². The van der Waals surface area contributed by atoms with Gasteiger partial charge in [0.1, 0.15) is 17.5 Å². The van der Waals surface area contributed by atoms with E-state index in [1.54, 1.807) is 4.90 Å². The van der Waals surface area contributed by atoms with Gasteiger partial charge in [0.15, 0.2) is 0 Å². The predicted octanol–water partition coefficient (Wildman–Crippen LogP) is 5.01. The van der Waals surface area contributed by atoms with Gasteiger partial charge in [0.05, 0.1) is 0 Å². The van der Waals surface area contributed by atoms with Gasteiger partial charge in [-0.1, -0.05) is 48.5 Å². The molecule has 3 aromatic rings. The molecule has 2 amide bonds. The maximum atomic E-state index is 13.3. The van der Waals surface area contributed by atoms with E-state index in [-0.39, 0.29) is 11.8 Å². The van der Waals surface area contributed by atoms with Crippen molar-refractivity contribution in [1.29, 1.82) is 0 Å². The Morgan fingerprint density at radius 2 is 1.60 bits per heavy atom. The van der Waals surface area contributed by atoms with Gasteiger partial charge in [-0.25, -0.2) is 0 Å². The van der Waals surface area contributed by atoms with Crippen molar-refractivity contribution >= 4 is 17.5 Å². The summed E-state index contributed by atoms with van der Waals surface area (Å²) in [7, 11) is 0. The topological polar surface area (TPSA) is 58.6 Å². The SMILES string of the molecule is Cc1cccc(C)c1NC(=O)C(c1cccc(Oc2ccccc2)c1)N1CCC1=O. The molecular weight excluding hydrogens is 376 g/mol. The molecule has 0 bridgehead atoms. The van der Waals surface area contributed by atoms with Crippen molar-refractivity contribution in [2.24, 2.45) is 0 Å². The van der Waals surface area contributed by atoms with Crippen LogP contribution >= 0.6 is 0 Å². The summed E-state index contributed by atoms with van der Waals surface area (Å²) < 4.78 is 5.93. The summed E-state index contributed by atoms with van der Waals surface area (Å²) in [5.41, 5.74) is 3.48. The van der Waals surface area contributed by atoms with Crippen molar-refractivity contribution in [2.45, 2.75) is 26.3 Å². The van der Waals surface area contributed by atoms with E-state index < -0.39 is 6.04 Å². The minimum Gasteiger partial charge on any atom is -0.457 e. The maximum Gasteiger partial charge on any atom is 0.251 e. The molecule has 5 heteroatoms. The maximum absolute atomic E-state index is 13.3. The van der Waals surface area contributed by atoms with Crippen LogP contribution in [0.2, 0.25) is 0 Å². The molecule has 4 rings (SSSR count). The Morgan fingerprint density at radius 3 is 2.23 bits per heavy atom. The fourth-order valence-corrected chi connectivity index (χ4v) is 3.65. The molecule has 1 saturated heterocycles. The Labute approximate surface area is 176 Å². The Bertz CT molecular complexity index is 1060. The second kappa shape index (κ2) is 8.41. The van der Waals surface area contributed by atoms with Crippen molar-refractivity contribution in [3.63, 3.8) is 0 Å². The lowest BCUT2D eigenvalue weighted by atomic mass is 9.99. The number of aryl methyl sites for hydroxylation is 2. The minimum atomic E-state index is -0.704. The summed E-state index contributed by atoms with van der Waals surface area (Å²) in [4.78, 5) is 27.2. The highest BCUT2D eigenvalue weighted by Gasteiger charge is 2.37. The molecule has 1 heterocycles. The summed E-state index contributed by atoms with van der Waals surface area (Å²) in [5.74, 6) is 1.09. The van der Waals surface area contributed by atoms with Crippen LogP contribution in [0, 0.1) is 13.8 Å². The minimum absolute atomic E-state index is 0.0222. The third-order valence-electron chi connectivity index (χ3n) is 5.33. The summed E-state index contributed by atoms with van der Waals surface area (Å²) in [6.07, 6.45) is 0.466. The van der Waals surface area contributed by atoms with Gasteiger partial charge < -0.3 is 15.0 Å². The first-order valence-electron chi connectivity index (χ1n) is 10.0. The van der Waals surface area contributed by atoms with Crippen molar-refractivity contribution in [1.82, 2.24) is 4.90 Å². The first kappa shape index (κ1) is 19.7.